The van der Waals surface area contributed by atoms with E-state index in [2.05, 4.69) is 38.0 Å². The normalized spacial score (nSPS) is 11.8. The van der Waals surface area contributed by atoms with Crippen molar-refractivity contribution in [1.29, 1.82) is 0 Å². The largest absolute Gasteiger partial charge is 0.357 e. The van der Waals surface area contributed by atoms with Crippen LogP contribution in [-0.2, 0) is 13.0 Å². The first-order valence-corrected chi connectivity index (χ1v) is 9.27. The Balaban J connectivity index is 1.62. The minimum Gasteiger partial charge on any atom is -0.357 e. The number of aliphatic imine (C=N–C) groups is 1. The van der Waals surface area contributed by atoms with Crippen LogP contribution in [0.1, 0.15) is 29.4 Å². The molecule has 0 unspecified atom stereocenters. The number of rotatable bonds is 6. The van der Waals surface area contributed by atoms with Crippen molar-refractivity contribution in [3.05, 3.63) is 70.9 Å². The zero-order valence-corrected chi connectivity index (χ0v) is 16.1. The summed E-state index contributed by atoms with van der Waals surface area (Å²) in [5, 5.41) is 6.59. The lowest BCUT2D eigenvalue weighted by molar-refractivity contribution is 0.625. The van der Waals surface area contributed by atoms with Crippen LogP contribution in [0.2, 0.25) is 0 Å². The van der Waals surface area contributed by atoms with Crippen molar-refractivity contribution in [1.82, 2.24) is 20.0 Å². The number of imidazole rings is 1. The third-order valence-electron chi connectivity index (χ3n) is 4.48. The average Bonchev–Trinajstić information content (AvgIpc) is 3.06. The second kappa shape index (κ2) is 8.66. The van der Waals surface area contributed by atoms with Crippen molar-refractivity contribution in [3.63, 3.8) is 0 Å². The molecule has 0 radical (unpaired) electrons. The van der Waals surface area contributed by atoms with Crippen molar-refractivity contribution in [2.24, 2.45) is 4.99 Å². The van der Waals surface area contributed by atoms with Gasteiger partial charge in [-0.25, -0.2) is 14.4 Å². The van der Waals surface area contributed by atoms with Crippen LogP contribution >= 0.6 is 0 Å². The molecule has 0 saturated carbocycles. The molecule has 142 valence electrons. The van der Waals surface area contributed by atoms with Gasteiger partial charge in [0.25, 0.3) is 0 Å². The summed E-state index contributed by atoms with van der Waals surface area (Å²) in [5.74, 6) is 0.563. The second-order valence-electron chi connectivity index (χ2n) is 6.57. The number of aryl methyl sites for hydroxylation is 2. The van der Waals surface area contributed by atoms with Gasteiger partial charge < -0.3 is 15.0 Å². The lowest BCUT2D eigenvalue weighted by atomic mass is 10.1. The molecule has 3 rings (SSSR count). The van der Waals surface area contributed by atoms with Crippen LogP contribution in [0.25, 0.3) is 5.65 Å². The number of hydrogen-bond acceptors (Lipinski definition) is 2. The molecule has 5 nitrogen and oxygen atoms in total. The Morgan fingerprint density at radius 1 is 1.19 bits per heavy atom. The lowest BCUT2D eigenvalue weighted by Crippen LogP contribution is -2.38. The predicted molar refractivity (Wildman–Crippen MR) is 108 cm³/mol. The van der Waals surface area contributed by atoms with Crippen LogP contribution < -0.4 is 10.6 Å². The van der Waals surface area contributed by atoms with Gasteiger partial charge >= 0.3 is 0 Å². The molecule has 3 aromatic rings. The summed E-state index contributed by atoms with van der Waals surface area (Å²) < 4.78 is 15.3. The number of fused-ring (bicyclic) bond motifs is 1. The Morgan fingerprint density at radius 2 is 2.04 bits per heavy atom. The van der Waals surface area contributed by atoms with Gasteiger partial charge in [-0.3, -0.25) is 0 Å². The fourth-order valence-corrected chi connectivity index (χ4v) is 3.03. The van der Waals surface area contributed by atoms with E-state index in [4.69, 9.17) is 0 Å². The maximum Gasteiger partial charge on any atom is 0.191 e. The van der Waals surface area contributed by atoms with Gasteiger partial charge in [-0.2, -0.15) is 0 Å². The highest BCUT2D eigenvalue weighted by molar-refractivity contribution is 5.79. The molecule has 0 aliphatic heterocycles. The molecule has 0 spiro atoms. The number of guanidine groups is 1. The lowest BCUT2D eigenvalue weighted by Gasteiger charge is -2.12. The first kappa shape index (κ1) is 18.9. The van der Waals surface area contributed by atoms with Gasteiger partial charge in [-0.05, 0) is 62.6 Å². The van der Waals surface area contributed by atoms with Crippen LogP contribution in [0.4, 0.5) is 4.39 Å². The molecule has 1 aromatic carbocycles. The number of nitrogens with zero attached hydrogens (tertiary/aromatic N) is 3. The zero-order chi connectivity index (χ0) is 19.2. The first-order valence-electron chi connectivity index (χ1n) is 9.27. The summed E-state index contributed by atoms with van der Waals surface area (Å²) >= 11 is 0. The van der Waals surface area contributed by atoms with E-state index in [1.165, 1.54) is 6.07 Å². The van der Waals surface area contributed by atoms with Gasteiger partial charge in [0.05, 0.1) is 12.2 Å². The summed E-state index contributed by atoms with van der Waals surface area (Å²) in [6, 6.07) is 11.0. The monoisotopic (exact) mass is 367 g/mol. The molecule has 0 saturated heterocycles. The Labute approximate surface area is 159 Å². The minimum atomic E-state index is -0.193. The predicted octanol–water partition coefficient (Wildman–Crippen LogP) is 3.39. The number of halogens is 1. The third-order valence-corrected chi connectivity index (χ3v) is 4.48. The van der Waals surface area contributed by atoms with E-state index in [-0.39, 0.29) is 5.82 Å². The second-order valence-corrected chi connectivity index (χ2v) is 6.57. The van der Waals surface area contributed by atoms with E-state index in [1.807, 2.05) is 38.2 Å². The Hall–Kier alpha value is -2.89. The summed E-state index contributed by atoms with van der Waals surface area (Å²) in [4.78, 5) is 9.25. The molecule has 27 heavy (non-hydrogen) atoms. The van der Waals surface area contributed by atoms with Gasteiger partial charge in [-0.15, -0.1) is 0 Å². The standard InChI is InChI=1S/C21H26FN5/c1-4-23-21(24-11-10-17-8-9-18(22)12-15(17)2)25-13-19-14-27-16(3)6-5-7-20(27)26-19/h5-9,12,14H,4,10-11,13H2,1-3H3,(H2,23,24,25). The molecule has 6 heteroatoms. The van der Waals surface area contributed by atoms with E-state index in [0.717, 1.165) is 53.6 Å². The quantitative estimate of drug-likeness (QED) is 0.519. The summed E-state index contributed by atoms with van der Waals surface area (Å²) in [5.41, 5.74) is 5.12. The molecule has 0 fully saturated rings. The van der Waals surface area contributed by atoms with E-state index < -0.39 is 0 Å². The molecule has 0 amide bonds. The third kappa shape index (κ3) is 4.84. The van der Waals surface area contributed by atoms with Crippen molar-refractivity contribution < 1.29 is 4.39 Å². The fourth-order valence-electron chi connectivity index (χ4n) is 3.03. The van der Waals surface area contributed by atoms with Crippen molar-refractivity contribution in [2.75, 3.05) is 13.1 Å². The van der Waals surface area contributed by atoms with Crippen molar-refractivity contribution >= 4 is 11.6 Å². The summed E-state index contributed by atoms with van der Waals surface area (Å²) in [6.45, 7) is 8.05. The summed E-state index contributed by atoms with van der Waals surface area (Å²) in [6.07, 6.45) is 2.84. The van der Waals surface area contributed by atoms with Gasteiger partial charge in [0.15, 0.2) is 5.96 Å². The molecular formula is C21H26FN5. The van der Waals surface area contributed by atoms with E-state index >= 15 is 0 Å². The van der Waals surface area contributed by atoms with Crippen LogP contribution in [0.5, 0.6) is 0 Å². The molecule has 2 heterocycles. The van der Waals surface area contributed by atoms with Gasteiger partial charge in [-0.1, -0.05) is 12.1 Å². The Kier molecular flexibility index (Phi) is 6.06. The highest BCUT2D eigenvalue weighted by Gasteiger charge is 2.05. The first-order chi connectivity index (χ1) is 13.1. The smallest absolute Gasteiger partial charge is 0.191 e. The fraction of sp³-hybridized carbons (Fsp3) is 0.333. The zero-order valence-electron chi connectivity index (χ0n) is 16.1. The number of hydrogen-bond donors (Lipinski definition) is 2. The van der Waals surface area contributed by atoms with E-state index in [1.54, 1.807) is 6.07 Å². The van der Waals surface area contributed by atoms with Crippen molar-refractivity contribution in [3.8, 4) is 0 Å². The Morgan fingerprint density at radius 3 is 2.78 bits per heavy atom. The number of benzene rings is 1. The van der Waals surface area contributed by atoms with Gasteiger partial charge in [0.2, 0.25) is 0 Å². The topological polar surface area (TPSA) is 53.7 Å². The minimum absolute atomic E-state index is 0.193. The molecule has 0 bridgehead atoms. The highest BCUT2D eigenvalue weighted by atomic mass is 19.1. The molecule has 0 atom stereocenters. The molecule has 0 aliphatic rings. The summed E-state index contributed by atoms with van der Waals surface area (Å²) in [7, 11) is 0. The highest BCUT2D eigenvalue weighted by Crippen LogP contribution is 2.11. The molecule has 0 aliphatic carbocycles. The number of nitrogens with one attached hydrogen (secondary N) is 2. The SMILES string of the molecule is CCNC(=NCc1cn2c(C)cccc2n1)NCCc1ccc(F)cc1C. The average molecular weight is 367 g/mol. The van der Waals surface area contributed by atoms with Crippen LogP contribution in [0.15, 0.2) is 47.6 Å². The van der Waals surface area contributed by atoms with Crippen LogP contribution in [-0.4, -0.2) is 28.4 Å². The van der Waals surface area contributed by atoms with E-state index in [0.29, 0.717) is 6.54 Å². The van der Waals surface area contributed by atoms with Gasteiger partial charge in [0.1, 0.15) is 11.5 Å². The van der Waals surface area contributed by atoms with Gasteiger partial charge in [0, 0.05) is 25.0 Å². The maximum atomic E-state index is 13.2. The molecular weight excluding hydrogens is 341 g/mol. The van der Waals surface area contributed by atoms with Crippen molar-refractivity contribution in [2.45, 2.75) is 33.7 Å². The Bertz CT molecular complexity index is 945. The van der Waals surface area contributed by atoms with Crippen LogP contribution in [0, 0.1) is 19.7 Å². The van der Waals surface area contributed by atoms with Crippen LogP contribution in [0.3, 0.4) is 0 Å². The maximum absolute atomic E-state index is 13.2. The van der Waals surface area contributed by atoms with E-state index in [9.17, 15) is 4.39 Å². The molecule has 2 aromatic heterocycles. The number of aromatic nitrogens is 2. The molecule has 2 N–H and O–H groups in total. The number of pyridine rings is 1.